The minimum atomic E-state index is -0.0684. The topological polar surface area (TPSA) is 70.7 Å². The van der Waals surface area contributed by atoms with Crippen LogP contribution in [0.15, 0.2) is 46.9 Å². The summed E-state index contributed by atoms with van der Waals surface area (Å²) in [6.07, 6.45) is 3.41. The molecule has 1 aliphatic carbocycles. The Morgan fingerprint density at radius 1 is 1.17 bits per heavy atom. The van der Waals surface area contributed by atoms with Gasteiger partial charge in [0.1, 0.15) is 11.0 Å². The normalized spacial score (nSPS) is 15.9. The van der Waals surface area contributed by atoms with Gasteiger partial charge in [-0.15, -0.1) is 0 Å². The largest absolute Gasteiger partial charge is 0.351 e. The number of aromatic amines is 1. The lowest BCUT2D eigenvalue weighted by Gasteiger charge is -2.42. The van der Waals surface area contributed by atoms with Crippen LogP contribution in [-0.4, -0.2) is 27.9 Å². The standard InChI is InChI=1S/C18H17BrN4O/c19-14-4-1-3-13(10-14)18(7-2-8-18)11-20-17(24)12-5-6-15-16(9-12)22-23-21-15/h1,3-6,9-10H,2,7-8,11H2,(H,20,24)(H,21,22,23). The van der Waals surface area contributed by atoms with Gasteiger partial charge in [-0.25, -0.2) is 0 Å². The molecule has 1 amide bonds. The van der Waals surface area contributed by atoms with Crippen LogP contribution >= 0.6 is 15.9 Å². The Morgan fingerprint density at radius 3 is 2.75 bits per heavy atom. The fourth-order valence-electron chi connectivity index (χ4n) is 3.32. The maximum absolute atomic E-state index is 12.5. The van der Waals surface area contributed by atoms with Crippen LogP contribution in [0.5, 0.6) is 0 Å². The number of benzene rings is 2. The molecule has 5 nitrogen and oxygen atoms in total. The smallest absolute Gasteiger partial charge is 0.251 e. The average molecular weight is 385 g/mol. The molecule has 1 saturated carbocycles. The number of amides is 1. The van der Waals surface area contributed by atoms with E-state index in [1.54, 1.807) is 18.2 Å². The van der Waals surface area contributed by atoms with Crippen molar-refractivity contribution in [1.82, 2.24) is 20.7 Å². The first-order chi connectivity index (χ1) is 11.7. The second-order valence-corrected chi connectivity index (χ2v) is 7.27. The molecule has 0 bridgehead atoms. The van der Waals surface area contributed by atoms with Crippen LogP contribution in [0.3, 0.4) is 0 Å². The zero-order chi connectivity index (χ0) is 16.6. The van der Waals surface area contributed by atoms with E-state index in [1.165, 1.54) is 12.0 Å². The zero-order valence-electron chi connectivity index (χ0n) is 13.1. The highest BCUT2D eigenvalue weighted by molar-refractivity contribution is 9.10. The van der Waals surface area contributed by atoms with Crippen molar-refractivity contribution in [3.05, 3.63) is 58.1 Å². The molecule has 2 N–H and O–H groups in total. The van der Waals surface area contributed by atoms with E-state index in [9.17, 15) is 4.79 Å². The summed E-state index contributed by atoms with van der Waals surface area (Å²) in [5, 5.41) is 13.7. The lowest BCUT2D eigenvalue weighted by atomic mass is 9.64. The van der Waals surface area contributed by atoms with Gasteiger partial charge in [0.05, 0.1) is 0 Å². The monoisotopic (exact) mass is 384 g/mol. The van der Waals surface area contributed by atoms with Gasteiger partial charge in [0.25, 0.3) is 5.91 Å². The number of halogens is 1. The number of H-pyrrole nitrogens is 1. The third-order valence-electron chi connectivity index (χ3n) is 4.91. The zero-order valence-corrected chi connectivity index (χ0v) is 14.6. The molecule has 1 fully saturated rings. The lowest BCUT2D eigenvalue weighted by Crippen LogP contribution is -2.45. The lowest BCUT2D eigenvalue weighted by molar-refractivity contribution is 0.0928. The highest BCUT2D eigenvalue weighted by Crippen LogP contribution is 2.43. The second-order valence-electron chi connectivity index (χ2n) is 6.35. The highest BCUT2D eigenvalue weighted by atomic mass is 79.9. The molecule has 24 heavy (non-hydrogen) atoms. The third-order valence-corrected chi connectivity index (χ3v) is 5.41. The van der Waals surface area contributed by atoms with Crippen LogP contribution in [0.25, 0.3) is 11.0 Å². The van der Waals surface area contributed by atoms with E-state index in [4.69, 9.17) is 0 Å². The van der Waals surface area contributed by atoms with Crippen LogP contribution in [0.2, 0.25) is 0 Å². The van der Waals surface area contributed by atoms with Crippen LogP contribution in [0.4, 0.5) is 0 Å². The number of rotatable bonds is 4. The summed E-state index contributed by atoms with van der Waals surface area (Å²) in [5.74, 6) is -0.0684. The Labute approximate surface area is 148 Å². The molecule has 0 radical (unpaired) electrons. The minimum absolute atomic E-state index is 0.0530. The van der Waals surface area contributed by atoms with Crippen molar-refractivity contribution in [2.75, 3.05) is 6.54 Å². The molecule has 4 rings (SSSR count). The molecular formula is C18H17BrN4O. The van der Waals surface area contributed by atoms with E-state index in [0.29, 0.717) is 17.6 Å². The predicted molar refractivity (Wildman–Crippen MR) is 95.9 cm³/mol. The third kappa shape index (κ3) is 2.71. The molecule has 1 heterocycles. The number of nitrogens with one attached hydrogen (secondary N) is 2. The van der Waals surface area contributed by atoms with Gasteiger partial charge in [-0.1, -0.05) is 34.5 Å². The number of carbonyl (C=O) groups is 1. The van der Waals surface area contributed by atoms with Gasteiger partial charge >= 0.3 is 0 Å². The number of hydrogen-bond donors (Lipinski definition) is 2. The molecule has 0 saturated heterocycles. The highest BCUT2D eigenvalue weighted by Gasteiger charge is 2.39. The summed E-state index contributed by atoms with van der Waals surface area (Å²) >= 11 is 3.54. The fraction of sp³-hybridized carbons (Fsp3) is 0.278. The molecule has 6 heteroatoms. The predicted octanol–water partition coefficient (Wildman–Crippen LogP) is 3.57. The molecule has 0 aliphatic heterocycles. The van der Waals surface area contributed by atoms with E-state index in [0.717, 1.165) is 22.8 Å². The minimum Gasteiger partial charge on any atom is -0.351 e. The molecule has 122 valence electrons. The average Bonchev–Trinajstić information content (AvgIpc) is 3.01. The van der Waals surface area contributed by atoms with Gasteiger partial charge in [0.15, 0.2) is 0 Å². The van der Waals surface area contributed by atoms with E-state index in [2.05, 4.69) is 54.9 Å². The Hall–Kier alpha value is -2.21. The van der Waals surface area contributed by atoms with Crippen molar-refractivity contribution in [3.63, 3.8) is 0 Å². The van der Waals surface area contributed by atoms with Crippen LogP contribution in [0, 0.1) is 0 Å². The van der Waals surface area contributed by atoms with Crippen molar-refractivity contribution in [3.8, 4) is 0 Å². The van der Waals surface area contributed by atoms with Gasteiger partial charge < -0.3 is 5.32 Å². The number of aromatic nitrogens is 3. The SMILES string of the molecule is O=C(NCC1(c2cccc(Br)c2)CCC1)c1ccc2n[nH]nc2c1. The van der Waals surface area contributed by atoms with Crippen molar-refractivity contribution in [1.29, 1.82) is 0 Å². The molecule has 0 atom stereocenters. The van der Waals surface area contributed by atoms with Crippen LogP contribution in [-0.2, 0) is 5.41 Å². The molecule has 0 spiro atoms. The van der Waals surface area contributed by atoms with E-state index < -0.39 is 0 Å². The first kappa shape index (κ1) is 15.3. The molecule has 1 aliphatic rings. The first-order valence-corrected chi connectivity index (χ1v) is 8.80. The van der Waals surface area contributed by atoms with Crippen molar-refractivity contribution in [2.45, 2.75) is 24.7 Å². The Balaban J connectivity index is 1.51. The van der Waals surface area contributed by atoms with E-state index in [1.807, 2.05) is 6.07 Å². The van der Waals surface area contributed by atoms with Gasteiger partial charge in [-0.2, -0.15) is 15.4 Å². The van der Waals surface area contributed by atoms with Gasteiger partial charge in [-0.05, 0) is 48.7 Å². The van der Waals surface area contributed by atoms with Gasteiger partial charge in [-0.3, -0.25) is 4.79 Å². The summed E-state index contributed by atoms with van der Waals surface area (Å²) in [6.45, 7) is 0.652. The van der Waals surface area contributed by atoms with E-state index >= 15 is 0 Å². The molecule has 0 unspecified atom stereocenters. The van der Waals surface area contributed by atoms with Crippen molar-refractivity contribution >= 4 is 32.9 Å². The molecular weight excluding hydrogens is 368 g/mol. The first-order valence-electron chi connectivity index (χ1n) is 8.01. The Bertz CT molecular complexity index is 901. The van der Waals surface area contributed by atoms with Crippen molar-refractivity contribution < 1.29 is 4.79 Å². The Kier molecular flexibility index (Phi) is 3.84. The fourth-order valence-corrected chi connectivity index (χ4v) is 3.72. The maximum atomic E-state index is 12.5. The summed E-state index contributed by atoms with van der Waals surface area (Å²) in [7, 11) is 0. The number of fused-ring (bicyclic) bond motifs is 1. The van der Waals surface area contributed by atoms with Gasteiger partial charge in [0, 0.05) is 22.0 Å². The van der Waals surface area contributed by atoms with Gasteiger partial charge in [0.2, 0.25) is 0 Å². The number of carbonyl (C=O) groups excluding carboxylic acids is 1. The van der Waals surface area contributed by atoms with Crippen LogP contribution in [0.1, 0.15) is 35.2 Å². The summed E-state index contributed by atoms with van der Waals surface area (Å²) < 4.78 is 1.08. The number of nitrogens with zero attached hydrogens (tertiary/aromatic N) is 2. The molecule has 1 aromatic heterocycles. The summed E-state index contributed by atoms with van der Waals surface area (Å²) in [5.41, 5.74) is 3.41. The van der Waals surface area contributed by atoms with E-state index in [-0.39, 0.29) is 11.3 Å². The Morgan fingerprint density at radius 2 is 2.00 bits per heavy atom. The summed E-state index contributed by atoms with van der Waals surface area (Å²) in [4.78, 5) is 12.5. The van der Waals surface area contributed by atoms with Crippen LogP contribution < -0.4 is 5.32 Å². The maximum Gasteiger partial charge on any atom is 0.251 e. The summed E-state index contributed by atoms with van der Waals surface area (Å²) in [6, 6.07) is 13.8. The van der Waals surface area contributed by atoms with Crippen molar-refractivity contribution in [2.24, 2.45) is 0 Å². The molecule has 2 aromatic carbocycles. The second kappa shape index (κ2) is 6.02. The number of hydrogen-bond acceptors (Lipinski definition) is 3. The molecule has 3 aromatic rings. The quantitative estimate of drug-likeness (QED) is 0.721.